The number of nitrogens with zero attached hydrogens (tertiary/aromatic N) is 1. The van der Waals surface area contributed by atoms with E-state index in [9.17, 15) is 9.59 Å². The number of H-pyrrole nitrogens is 1. The molecule has 6 nitrogen and oxygen atoms in total. The maximum absolute atomic E-state index is 12.2. The lowest BCUT2D eigenvalue weighted by atomic mass is 10.0. The fourth-order valence-electron chi connectivity index (χ4n) is 3.09. The number of para-hydroxylation sites is 2. The Morgan fingerprint density at radius 1 is 0.815 bits per heavy atom. The summed E-state index contributed by atoms with van der Waals surface area (Å²) in [6.07, 6.45) is 0.246. The van der Waals surface area contributed by atoms with Crippen LogP contribution in [-0.2, 0) is 22.4 Å². The van der Waals surface area contributed by atoms with Gasteiger partial charge < -0.3 is 4.98 Å². The predicted octanol–water partition coefficient (Wildman–Crippen LogP) is 2.65. The van der Waals surface area contributed by atoms with E-state index >= 15 is 0 Å². The van der Waals surface area contributed by atoms with Gasteiger partial charge in [-0.25, -0.2) is 4.98 Å². The van der Waals surface area contributed by atoms with E-state index < -0.39 is 0 Å². The van der Waals surface area contributed by atoms with E-state index in [1.807, 2.05) is 66.7 Å². The molecule has 3 N–H and O–H groups in total. The zero-order chi connectivity index (χ0) is 18.6. The van der Waals surface area contributed by atoms with Crippen molar-refractivity contribution in [3.8, 4) is 0 Å². The standard InChI is InChI=1S/C21H18N4O2/c26-20(12-15-8-5-7-14-6-1-2-9-16(14)15)24-25-21(27)13-19-22-17-10-3-4-11-18(17)23-19/h1-11H,12-13H2,(H,22,23)(H,24,26)(H,25,27). The Bertz CT molecular complexity index is 1090. The maximum Gasteiger partial charge on any atom is 0.245 e. The Hall–Kier alpha value is -3.67. The summed E-state index contributed by atoms with van der Waals surface area (Å²) >= 11 is 0. The molecule has 4 rings (SSSR count). The minimum absolute atomic E-state index is 0.0588. The first-order chi connectivity index (χ1) is 13.2. The molecule has 0 saturated heterocycles. The zero-order valence-corrected chi connectivity index (χ0v) is 14.5. The number of benzene rings is 3. The molecule has 0 saturated carbocycles. The Labute approximate surface area is 155 Å². The normalized spacial score (nSPS) is 10.8. The summed E-state index contributed by atoms with van der Waals surface area (Å²) in [4.78, 5) is 31.7. The fourth-order valence-corrected chi connectivity index (χ4v) is 3.09. The second-order valence-electron chi connectivity index (χ2n) is 6.29. The average Bonchev–Trinajstić information content (AvgIpc) is 3.09. The summed E-state index contributed by atoms with van der Waals surface area (Å²) in [6, 6.07) is 21.3. The summed E-state index contributed by atoms with van der Waals surface area (Å²) in [5.41, 5.74) is 7.51. The molecule has 1 heterocycles. The molecular formula is C21H18N4O2. The van der Waals surface area contributed by atoms with Gasteiger partial charge in [-0.2, -0.15) is 0 Å². The van der Waals surface area contributed by atoms with Gasteiger partial charge in [0.1, 0.15) is 5.82 Å². The lowest BCUT2D eigenvalue weighted by Crippen LogP contribution is -2.43. The van der Waals surface area contributed by atoms with Gasteiger partial charge in [0.25, 0.3) is 0 Å². The van der Waals surface area contributed by atoms with Gasteiger partial charge in [0.05, 0.1) is 23.9 Å². The largest absolute Gasteiger partial charge is 0.342 e. The van der Waals surface area contributed by atoms with Crippen LogP contribution in [-0.4, -0.2) is 21.8 Å². The Morgan fingerprint density at radius 3 is 2.37 bits per heavy atom. The van der Waals surface area contributed by atoms with Gasteiger partial charge in [0, 0.05) is 0 Å². The quantitative estimate of drug-likeness (QED) is 0.490. The average molecular weight is 358 g/mol. The molecule has 0 fully saturated rings. The Balaban J connectivity index is 1.35. The summed E-state index contributed by atoms with van der Waals surface area (Å²) in [7, 11) is 0. The molecule has 0 aliphatic heterocycles. The number of nitrogens with one attached hydrogen (secondary N) is 3. The lowest BCUT2D eigenvalue weighted by molar-refractivity contribution is -0.128. The van der Waals surface area contributed by atoms with Gasteiger partial charge >= 0.3 is 0 Å². The van der Waals surface area contributed by atoms with E-state index in [1.165, 1.54) is 0 Å². The van der Waals surface area contributed by atoms with E-state index in [1.54, 1.807) is 0 Å². The van der Waals surface area contributed by atoms with Gasteiger partial charge in [-0.1, -0.05) is 54.6 Å². The number of amides is 2. The first kappa shape index (κ1) is 16.8. The molecular weight excluding hydrogens is 340 g/mol. The van der Waals surface area contributed by atoms with Crippen LogP contribution in [0, 0.1) is 0 Å². The van der Waals surface area contributed by atoms with Crippen molar-refractivity contribution in [1.29, 1.82) is 0 Å². The first-order valence-corrected chi connectivity index (χ1v) is 8.67. The van der Waals surface area contributed by atoms with Crippen LogP contribution in [0.3, 0.4) is 0 Å². The van der Waals surface area contributed by atoms with Crippen molar-refractivity contribution in [2.24, 2.45) is 0 Å². The Morgan fingerprint density at radius 2 is 1.52 bits per heavy atom. The number of imidazole rings is 1. The van der Waals surface area contributed by atoms with Crippen LogP contribution in [0.4, 0.5) is 0 Å². The molecule has 0 unspecified atom stereocenters. The number of fused-ring (bicyclic) bond motifs is 2. The molecule has 2 amide bonds. The van der Waals surface area contributed by atoms with Crippen molar-refractivity contribution in [3.05, 3.63) is 78.1 Å². The van der Waals surface area contributed by atoms with E-state index in [0.29, 0.717) is 5.82 Å². The van der Waals surface area contributed by atoms with Crippen LogP contribution in [0.25, 0.3) is 21.8 Å². The monoisotopic (exact) mass is 358 g/mol. The number of aromatic nitrogens is 2. The van der Waals surface area contributed by atoms with Crippen LogP contribution in [0.1, 0.15) is 11.4 Å². The highest BCUT2D eigenvalue weighted by Gasteiger charge is 2.11. The molecule has 3 aromatic carbocycles. The van der Waals surface area contributed by atoms with E-state index in [0.717, 1.165) is 27.4 Å². The van der Waals surface area contributed by atoms with Crippen LogP contribution in [0.2, 0.25) is 0 Å². The summed E-state index contributed by atoms with van der Waals surface area (Å²) in [5.74, 6) is -0.0540. The molecule has 6 heteroatoms. The first-order valence-electron chi connectivity index (χ1n) is 8.67. The number of aromatic amines is 1. The van der Waals surface area contributed by atoms with Gasteiger partial charge in [-0.15, -0.1) is 0 Å². The minimum atomic E-state index is -0.333. The van der Waals surface area contributed by atoms with Crippen LogP contribution in [0.5, 0.6) is 0 Å². The number of hydrazine groups is 1. The molecule has 134 valence electrons. The second-order valence-corrected chi connectivity index (χ2v) is 6.29. The highest BCUT2D eigenvalue weighted by Crippen LogP contribution is 2.18. The van der Waals surface area contributed by atoms with Gasteiger partial charge in [-0.05, 0) is 28.5 Å². The number of hydrogen-bond acceptors (Lipinski definition) is 3. The summed E-state index contributed by atoms with van der Waals surface area (Å²) < 4.78 is 0. The smallest absolute Gasteiger partial charge is 0.245 e. The van der Waals surface area contributed by atoms with Crippen molar-refractivity contribution in [2.45, 2.75) is 12.8 Å². The van der Waals surface area contributed by atoms with Crippen LogP contribution in [0.15, 0.2) is 66.7 Å². The number of rotatable bonds is 4. The lowest BCUT2D eigenvalue weighted by Gasteiger charge is -2.08. The van der Waals surface area contributed by atoms with Crippen LogP contribution < -0.4 is 10.9 Å². The van der Waals surface area contributed by atoms with E-state index in [2.05, 4.69) is 20.8 Å². The molecule has 0 aliphatic carbocycles. The van der Waals surface area contributed by atoms with Crippen LogP contribution >= 0.6 is 0 Å². The van der Waals surface area contributed by atoms with Gasteiger partial charge in [0.2, 0.25) is 11.8 Å². The van der Waals surface area contributed by atoms with Crippen molar-refractivity contribution < 1.29 is 9.59 Å². The third kappa shape index (κ3) is 3.79. The third-order valence-electron chi connectivity index (χ3n) is 4.34. The van der Waals surface area contributed by atoms with E-state index in [-0.39, 0.29) is 24.7 Å². The number of carbonyl (C=O) groups excluding carboxylic acids is 2. The highest BCUT2D eigenvalue weighted by molar-refractivity contribution is 5.91. The minimum Gasteiger partial charge on any atom is -0.342 e. The molecule has 27 heavy (non-hydrogen) atoms. The molecule has 0 spiro atoms. The molecule has 1 aromatic heterocycles. The van der Waals surface area contributed by atoms with Gasteiger partial charge in [-0.3, -0.25) is 20.4 Å². The van der Waals surface area contributed by atoms with Gasteiger partial charge in [0.15, 0.2) is 0 Å². The predicted molar refractivity (Wildman–Crippen MR) is 104 cm³/mol. The van der Waals surface area contributed by atoms with E-state index in [4.69, 9.17) is 0 Å². The van der Waals surface area contributed by atoms with Crippen molar-refractivity contribution in [1.82, 2.24) is 20.8 Å². The Kier molecular flexibility index (Phi) is 4.53. The highest BCUT2D eigenvalue weighted by atomic mass is 16.2. The molecule has 0 bridgehead atoms. The molecule has 4 aromatic rings. The van der Waals surface area contributed by atoms with Crippen molar-refractivity contribution >= 4 is 33.6 Å². The zero-order valence-electron chi connectivity index (χ0n) is 14.5. The molecule has 0 atom stereocenters. The molecule has 0 aliphatic rings. The van der Waals surface area contributed by atoms with Crippen molar-refractivity contribution in [2.75, 3.05) is 0 Å². The summed E-state index contributed by atoms with van der Waals surface area (Å²) in [5, 5.41) is 2.11. The number of hydrogen-bond donors (Lipinski definition) is 3. The molecule has 0 radical (unpaired) electrons. The maximum atomic E-state index is 12.2. The van der Waals surface area contributed by atoms with Crippen molar-refractivity contribution in [3.63, 3.8) is 0 Å². The fraction of sp³-hybridized carbons (Fsp3) is 0.0952. The third-order valence-corrected chi connectivity index (χ3v) is 4.34. The topological polar surface area (TPSA) is 86.9 Å². The summed E-state index contributed by atoms with van der Waals surface area (Å²) in [6.45, 7) is 0. The number of carbonyl (C=O) groups is 2. The SMILES string of the molecule is O=C(Cc1nc2ccccc2[nH]1)NNC(=O)Cc1cccc2ccccc12. The second kappa shape index (κ2) is 7.29.